The van der Waals surface area contributed by atoms with E-state index in [9.17, 15) is 5.11 Å². The minimum absolute atomic E-state index is 0.150. The minimum Gasteiger partial charge on any atom is -0.391 e. The monoisotopic (exact) mass is 257 g/mol. The van der Waals surface area contributed by atoms with E-state index in [2.05, 4.69) is 4.90 Å². The van der Waals surface area contributed by atoms with Gasteiger partial charge in [0.05, 0.1) is 25.4 Å². The van der Waals surface area contributed by atoms with Gasteiger partial charge in [-0.3, -0.25) is 4.90 Å². The van der Waals surface area contributed by atoms with Gasteiger partial charge in [0.1, 0.15) is 0 Å². The number of aliphatic hydroxyl groups excluding tert-OH is 1. The average Bonchev–Trinajstić information content (AvgIpc) is 3.02. The number of rotatable bonds is 2. The molecule has 1 spiro atoms. The Labute approximate surface area is 108 Å². The van der Waals surface area contributed by atoms with E-state index in [-0.39, 0.29) is 12.1 Å². The van der Waals surface area contributed by atoms with Gasteiger partial charge in [0, 0.05) is 39.1 Å². The van der Waals surface area contributed by atoms with Crippen LogP contribution in [0.3, 0.4) is 0 Å². The van der Waals surface area contributed by atoms with Gasteiger partial charge < -0.3 is 19.3 Å². The molecule has 0 aromatic rings. The first-order valence-corrected chi connectivity index (χ1v) is 6.95. The van der Waals surface area contributed by atoms with Gasteiger partial charge in [0.25, 0.3) is 0 Å². The molecule has 0 amide bonds. The smallest absolute Gasteiger partial charge is 0.170 e. The van der Waals surface area contributed by atoms with Crippen molar-refractivity contribution in [3.05, 3.63) is 0 Å². The number of hydrogen-bond acceptors (Lipinski definition) is 5. The van der Waals surface area contributed by atoms with Crippen LogP contribution in [0.4, 0.5) is 0 Å². The van der Waals surface area contributed by atoms with Crippen molar-refractivity contribution in [1.82, 2.24) is 4.90 Å². The number of aliphatic hydroxyl groups is 1. The maximum absolute atomic E-state index is 10.2. The molecule has 0 radical (unpaired) electrons. The standard InChI is InChI=1S/C13H23NO4/c1-16-10-3-5-14(9-10)11-8-13(4-2-12(11)15)17-6-7-18-13/h10-12,15H,2-9H2,1H3. The SMILES string of the molecule is COC1CCN(C2CC3(CCC2O)OCCO3)C1. The zero-order chi connectivity index (χ0) is 12.6. The van der Waals surface area contributed by atoms with Crippen molar-refractivity contribution < 1.29 is 19.3 Å². The molecule has 3 fully saturated rings. The molecule has 2 saturated heterocycles. The molecule has 5 nitrogen and oxygen atoms in total. The molecule has 2 heterocycles. The van der Waals surface area contributed by atoms with E-state index in [1.807, 2.05) is 0 Å². The lowest BCUT2D eigenvalue weighted by molar-refractivity contribution is -0.204. The van der Waals surface area contributed by atoms with Crippen molar-refractivity contribution in [3.8, 4) is 0 Å². The lowest BCUT2D eigenvalue weighted by atomic mass is 9.86. The fraction of sp³-hybridized carbons (Fsp3) is 1.00. The Morgan fingerprint density at radius 3 is 2.72 bits per heavy atom. The van der Waals surface area contributed by atoms with Crippen molar-refractivity contribution in [2.24, 2.45) is 0 Å². The van der Waals surface area contributed by atoms with Crippen LogP contribution in [0.25, 0.3) is 0 Å². The van der Waals surface area contributed by atoms with Gasteiger partial charge in [0.2, 0.25) is 0 Å². The van der Waals surface area contributed by atoms with Gasteiger partial charge in [-0.25, -0.2) is 0 Å². The fourth-order valence-corrected chi connectivity index (χ4v) is 3.50. The molecular formula is C13H23NO4. The zero-order valence-corrected chi connectivity index (χ0v) is 11.0. The van der Waals surface area contributed by atoms with Gasteiger partial charge in [-0.1, -0.05) is 0 Å². The summed E-state index contributed by atoms with van der Waals surface area (Å²) in [5, 5.41) is 10.2. The fourth-order valence-electron chi connectivity index (χ4n) is 3.50. The Bertz CT molecular complexity index is 293. The second-order valence-electron chi connectivity index (χ2n) is 5.63. The average molecular weight is 257 g/mol. The second-order valence-corrected chi connectivity index (χ2v) is 5.63. The summed E-state index contributed by atoms with van der Waals surface area (Å²) >= 11 is 0. The lowest BCUT2D eigenvalue weighted by Crippen LogP contribution is -2.52. The first-order chi connectivity index (χ1) is 8.72. The predicted molar refractivity (Wildman–Crippen MR) is 65.3 cm³/mol. The first kappa shape index (κ1) is 12.8. The normalized spacial score (nSPS) is 40.7. The Hall–Kier alpha value is -0.200. The molecule has 0 aromatic carbocycles. The van der Waals surface area contributed by atoms with Gasteiger partial charge in [-0.2, -0.15) is 0 Å². The summed E-state index contributed by atoms with van der Waals surface area (Å²) in [5.41, 5.74) is 0. The third kappa shape index (κ3) is 2.30. The highest BCUT2D eigenvalue weighted by Crippen LogP contribution is 2.38. The second kappa shape index (κ2) is 5.06. The van der Waals surface area contributed by atoms with Crippen molar-refractivity contribution in [3.63, 3.8) is 0 Å². The Morgan fingerprint density at radius 2 is 2.06 bits per heavy atom. The maximum atomic E-state index is 10.2. The molecular weight excluding hydrogens is 234 g/mol. The molecule has 1 N–H and O–H groups in total. The molecule has 0 bridgehead atoms. The van der Waals surface area contributed by atoms with E-state index >= 15 is 0 Å². The van der Waals surface area contributed by atoms with Crippen molar-refractivity contribution in [1.29, 1.82) is 0 Å². The van der Waals surface area contributed by atoms with Crippen LogP contribution in [0, 0.1) is 0 Å². The molecule has 104 valence electrons. The molecule has 1 saturated carbocycles. The van der Waals surface area contributed by atoms with Crippen LogP contribution in [-0.2, 0) is 14.2 Å². The van der Waals surface area contributed by atoms with E-state index in [1.165, 1.54) is 0 Å². The molecule has 3 atom stereocenters. The molecule has 2 aliphatic heterocycles. The summed E-state index contributed by atoms with van der Waals surface area (Å²) in [6, 6.07) is 0.150. The molecule has 3 aliphatic rings. The van der Waals surface area contributed by atoms with E-state index in [1.54, 1.807) is 7.11 Å². The van der Waals surface area contributed by atoms with Gasteiger partial charge >= 0.3 is 0 Å². The summed E-state index contributed by atoms with van der Waals surface area (Å²) in [5.74, 6) is -0.422. The summed E-state index contributed by atoms with van der Waals surface area (Å²) in [6.45, 7) is 3.28. The largest absolute Gasteiger partial charge is 0.391 e. The number of methoxy groups -OCH3 is 1. The van der Waals surface area contributed by atoms with Crippen molar-refractivity contribution in [2.45, 2.75) is 49.7 Å². The highest BCUT2D eigenvalue weighted by atomic mass is 16.7. The van der Waals surface area contributed by atoms with Crippen molar-refractivity contribution in [2.75, 3.05) is 33.4 Å². The van der Waals surface area contributed by atoms with Gasteiger partial charge in [-0.05, 0) is 12.8 Å². The molecule has 1 aliphatic carbocycles. The maximum Gasteiger partial charge on any atom is 0.170 e. The molecule has 18 heavy (non-hydrogen) atoms. The quantitative estimate of drug-likeness (QED) is 0.774. The van der Waals surface area contributed by atoms with Crippen molar-refractivity contribution >= 4 is 0 Å². The lowest BCUT2D eigenvalue weighted by Gasteiger charge is -2.42. The van der Waals surface area contributed by atoms with E-state index in [0.29, 0.717) is 19.3 Å². The number of likely N-dealkylation sites (tertiary alicyclic amines) is 1. The summed E-state index contributed by atoms with van der Waals surface area (Å²) in [6.07, 6.45) is 3.45. The van der Waals surface area contributed by atoms with E-state index in [4.69, 9.17) is 14.2 Å². The molecule has 5 heteroatoms. The van der Waals surface area contributed by atoms with Crippen LogP contribution in [0.1, 0.15) is 25.7 Å². The Morgan fingerprint density at radius 1 is 1.28 bits per heavy atom. The zero-order valence-electron chi connectivity index (χ0n) is 11.0. The van der Waals surface area contributed by atoms with Crippen LogP contribution in [0.5, 0.6) is 0 Å². The number of ether oxygens (including phenoxy) is 3. The van der Waals surface area contributed by atoms with Crippen LogP contribution < -0.4 is 0 Å². The minimum atomic E-state index is -0.422. The highest BCUT2D eigenvalue weighted by molar-refractivity contribution is 4.95. The predicted octanol–water partition coefficient (Wildman–Crippen LogP) is 0.364. The summed E-state index contributed by atoms with van der Waals surface area (Å²) < 4.78 is 17.0. The first-order valence-electron chi connectivity index (χ1n) is 6.95. The molecule has 3 rings (SSSR count). The molecule has 0 aromatic heterocycles. The summed E-state index contributed by atoms with van der Waals surface area (Å²) in [7, 11) is 1.76. The van der Waals surface area contributed by atoms with Crippen LogP contribution in [-0.4, -0.2) is 67.5 Å². The third-order valence-electron chi connectivity index (χ3n) is 4.58. The molecule has 3 unspecified atom stereocenters. The number of nitrogens with zero attached hydrogens (tertiary/aromatic N) is 1. The van der Waals surface area contributed by atoms with Crippen LogP contribution in [0.15, 0.2) is 0 Å². The Kier molecular flexibility index (Phi) is 3.60. The highest BCUT2D eigenvalue weighted by Gasteiger charge is 2.47. The summed E-state index contributed by atoms with van der Waals surface area (Å²) in [4.78, 5) is 2.34. The van der Waals surface area contributed by atoms with E-state index < -0.39 is 5.79 Å². The van der Waals surface area contributed by atoms with Gasteiger partial charge in [0.15, 0.2) is 5.79 Å². The Balaban J connectivity index is 1.66. The number of hydrogen-bond donors (Lipinski definition) is 1. The topological polar surface area (TPSA) is 51.2 Å². The van der Waals surface area contributed by atoms with Gasteiger partial charge in [-0.15, -0.1) is 0 Å². The third-order valence-corrected chi connectivity index (χ3v) is 4.58. The van der Waals surface area contributed by atoms with E-state index in [0.717, 1.165) is 38.8 Å². The van der Waals surface area contributed by atoms with Crippen LogP contribution >= 0.6 is 0 Å². The van der Waals surface area contributed by atoms with Crippen LogP contribution in [0.2, 0.25) is 0 Å².